The van der Waals surface area contributed by atoms with Gasteiger partial charge in [0.05, 0.1) is 0 Å². The zero-order chi connectivity index (χ0) is 13.2. The molecule has 0 radical (unpaired) electrons. The molecule has 0 unspecified atom stereocenters. The molecular formula is C15H26N2S. The van der Waals surface area contributed by atoms with E-state index in [9.17, 15) is 0 Å². The second-order valence-electron chi connectivity index (χ2n) is 4.73. The van der Waals surface area contributed by atoms with Gasteiger partial charge in [0.15, 0.2) is 0 Å². The number of nitrogens with zero attached hydrogens (tertiary/aromatic N) is 1. The van der Waals surface area contributed by atoms with Crippen LogP contribution in [0.5, 0.6) is 0 Å². The molecular weight excluding hydrogens is 240 g/mol. The molecule has 0 spiro atoms. The molecule has 0 heterocycles. The molecule has 3 heteroatoms. The van der Waals surface area contributed by atoms with E-state index in [2.05, 4.69) is 54.7 Å². The van der Waals surface area contributed by atoms with Gasteiger partial charge in [-0.2, -0.15) is 11.8 Å². The summed E-state index contributed by atoms with van der Waals surface area (Å²) < 4.78 is 0. The Morgan fingerprint density at radius 3 is 2.78 bits per heavy atom. The summed E-state index contributed by atoms with van der Waals surface area (Å²) in [5.74, 6) is 1.20. The van der Waals surface area contributed by atoms with E-state index in [0.717, 1.165) is 26.2 Å². The fourth-order valence-corrected chi connectivity index (χ4v) is 2.38. The molecule has 1 aromatic carbocycles. The van der Waals surface area contributed by atoms with Crippen LogP contribution in [0.25, 0.3) is 0 Å². The molecule has 1 rings (SSSR count). The Morgan fingerprint density at radius 2 is 2.06 bits per heavy atom. The van der Waals surface area contributed by atoms with Crippen molar-refractivity contribution in [2.75, 3.05) is 32.1 Å². The van der Waals surface area contributed by atoms with Crippen molar-refractivity contribution in [3.8, 4) is 0 Å². The van der Waals surface area contributed by atoms with Crippen LogP contribution in [0.3, 0.4) is 0 Å². The average molecular weight is 266 g/mol. The molecule has 102 valence electrons. The van der Waals surface area contributed by atoms with E-state index in [1.807, 2.05) is 11.8 Å². The monoisotopic (exact) mass is 266 g/mol. The van der Waals surface area contributed by atoms with Crippen LogP contribution >= 0.6 is 11.8 Å². The average Bonchev–Trinajstić information content (AvgIpc) is 2.37. The summed E-state index contributed by atoms with van der Waals surface area (Å²) in [4.78, 5) is 2.38. The molecule has 1 aromatic rings. The molecule has 0 saturated heterocycles. The smallest absolute Gasteiger partial charge is 0.0231 e. The summed E-state index contributed by atoms with van der Waals surface area (Å²) in [6.07, 6.45) is 3.35. The highest BCUT2D eigenvalue weighted by molar-refractivity contribution is 7.98. The first kappa shape index (κ1) is 15.5. The maximum Gasteiger partial charge on any atom is 0.0231 e. The van der Waals surface area contributed by atoms with Crippen LogP contribution in [-0.4, -0.2) is 37.0 Å². The lowest BCUT2D eigenvalue weighted by molar-refractivity contribution is 0.348. The molecule has 0 saturated carbocycles. The largest absolute Gasteiger partial charge is 0.313 e. The molecule has 0 aliphatic carbocycles. The first-order valence-corrected chi connectivity index (χ1v) is 8.11. The Bertz CT molecular complexity index is 328. The first-order valence-electron chi connectivity index (χ1n) is 6.72. The molecule has 0 atom stereocenters. The van der Waals surface area contributed by atoms with Crippen molar-refractivity contribution in [2.45, 2.75) is 26.4 Å². The van der Waals surface area contributed by atoms with Crippen LogP contribution in [0.4, 0.5) is 0 Å². The summed E-state index contributed by atoms with van der Waals surface area (Å²) in [5.41, 5.74) is 2.80. The van der Waals surface area contributed by atoms with Gasteiger partial charge in [-0.3, -0.25) is 0 Å². The molecule has 0 aliphatic heterocycles. The van der Waals surface area contributed by atoms with Crippen molar-refractivity contribution in [3.05, 3.63) is 35.4 Å². The highest BCUT2D eigenvalue weighted by atomic mass is 32.2. The van der Waals surface area contributed by atoms with E-state index < -0.39 is 0 Å². The van der Waals surface area contributed by atoms with Gasteiger partial charge in [0.2, 0.25) is 0 Å². The van der Waals surface area contributed by atoms with Crippen LogP contribution in [-0.2, 0) is 13.1 Å². The van der Waals surface area contributed by atoms with E-state index in [1.54, 1.807) is 0 Å². The third-order valence-electron chi connectivity index (χ3n) is 2.88. The number of rotatable bonds is 9. The highest BCUT2D eigenvalue weighted by Gasteiger charge is 2.01. The minimum absolute atomic E-state index is 0.982. The summed E-state index contributed by atoms with van der Waals surface area (Å²) in [7, 11) is 2.19. The van der Waals surface area contributed by atoms with Crippen molar-refractivity contribution in [2.24, 2.45) is 0 Å². The number of nitrogens with one attached hydrogen (secondary N) is 1. The van der Waals surface area contributed by atoms with Crippen molar-refractivity contribution in [1.29, 1.82) is 0 Å². The van der Waals surface area contributed by atoms with Gasteiger partial charge in [-0.05, 0) is 37.4 Å². The normalized spacial score (nSPS) is 11.1. The summed E-state index contributed by atoms with van der Waals surface area (Å²) in [6.45, 7) is 6.47. The van der Waals surface area contributed by atoms with Gasteiger partial charge in [0, 0.05) is 25.4 Å². The molecule has 2 nitrogen and oxygen atoms in total. The van der Waals surface area contributed by atoms with E-state index in [-0.39, 0.29) is 0 Å². The van der Waals surface area contributed by atoms with E-state index in [4.69, 9.17) is 0 Å². The fraction of sp³-hybridized carbons (Fsp3) is 0.600. The lowest BCUT2D eigenvalue weighted by Gasteiger charge is -2.16. The maximum absolute atomic E-state index is 3.45. The van der Waals surface area contributed by atoms with E-state index >= 15 is 0 Å². The van der Waals surface area contributed by atoms with Crippen LogP contribution in [0.2, 0.25) is 0 Å². The summed E-state index contributed by atoms with van der Waals surface area (Å²) >= 11 is 1.91. The molecule has 0 fully saturated rings. The van der Waals surface area contributed by atoms with Crippen LogP contribution < -0.4 is 5.32 Å². The Kier molecular flexibility index (Phi) is 8.14. The maximum atomic E-state index is 3.45. The second-order valence-corrected chi connectivity index (χ2v) is 5.71. The van der Waals surface area contributed by atoms with Crippen molar-refractivity contribution in [1.82, 2.24) is 10.2 Å². The Labute approximate surface area is 116 Å². The van der Waals surface area contributed by atoms with Crippen molar-refractivity contribution < 1.29 is 0 Å². The lowest BCUT2D eigenvalue weighted by atomic mass is 10.1. The predicted molar refractivity (Wildman–Crippen MR) is 83.2 cm³/mol. The van der Waals surface area contributed by atoms with Crippen LogP contribution in [0.15, 0.2) is 24.3 Å². The predicted octanol–water partition coefficient (Wildman–Crippen LogP) is 2.98. The number of hydrogen-bond acceptors (Lipinski definition) is 3. The highest BCUT2D eigenvalue weighted by Crippen LogP contribution is 2.08. The van der Waals surface area contributed by atoms with Crippen LogP contribution in [0.1, 0.15) is 24.5 Å². The second kappa shape index (κ2) is 9.42. The zero-order valence-corrected chi connectivity index (χ0v) is 12.7. The molecule has 0 amide bonds. The lowest BCUT2D eigenvalue weighted by Crippen LogP contribution is -2.21. The van der Waals surface area contributed by atoms with Gasteiger partial charge in [0.1, 0.15) is 0 Å². The number of benzene rings is 1. The molecule has 1 N–H and O–H groups in total. The molecule has 18 heavy (non-hydrogen) atoms. The number of hydrogen-bond donors (Lipinski definition) is 1. The van der Waals surface area contributed by atoms with Gasteiger partial charge >= 0.3 is 0 Å². The van der Waals surface area contributed by atoms with E-state index in [1.165, 1.54) is 23.3 Å². The van der Waals surface area contributed by atoms with Gasteiger partial charge in [0.25, 0.3) is 0 Å². The summed E-state index contributed by atoms with van der Waals surface area (Å²) in [5, 5.41) is 3.45. The van der Waals surface area contributed by atoms with E-state index in [0.29, 0.717) is 0 Å². The third kappa shape index (κ3) is 6.43. The van der Waals surface area contributed by atoms with Gasteiger partial charge in [-0.25, -0.2) is 0 Å². The minimum Gasteiger partial charge on any atom is -0.313 e. The molecule has 0 aliphatic rings. The van der Waals surface area contributed by atoms with Crippen molar-refractivity contribution >= 4 is 11.8 Å². The van der Waals surface area contributed by atoms with Gasteiger partial charge in [-0.1, -0.05) is 31.2 Å². The Hall–Kier alpha value is -0.510. The summed E-state index contributed by atoms with van der Waals surface area (Å²) in [6, 6.07) is 8.91. The quantitative estimate of drug-likeness (QED) is 0.692. The minimum atomic E-state index is 0.982. The number of thioether (sulfide) groups is 1. The fourth-order valence-electron chi connectivity index (χ4n) is 1.89. The molecule has 0 aromatic heterocycles. The third-order valence-corrected chi connectivity index (χ3v) is 3.47. The van der Waals surface area contributed by atoms with Gasteiger partial charge < -0.3 is 10.2 Å². The van der Waals surface area contributed by atoms with Crippen LogP contribution in [0, 0.1) is 0 Å². The Morgan fingerprint density at radius 1 is 1.28 bits per heavy atom. The zero-order valence-electron chi connectivity index (χ0n) is 11.9. The SMILES string of the molecule is CCCNCc1cccc(CN(C)CCSC)c1. The molecule has 0 bridgehead atoms. The topological polar surface area (TPSA) is 15.3 Å². The Balaban J connectivity index is 2.43. The van der Waals surface area contributed by atoms with Crippen molar-refractivity contribution in [3.63, 3.8) is 0 Å². The standard InChI is InChI=1S/C15H26N2S/c1-4-8-16-12-14-6-5-7-15(11-14)13-17(2)9-10-18-3/h5-7,11,16H,4,8-10,12-13H2,1-3H3. The van der Waals surface area contributed by atoms with Gasteiger partial charge in [-0.15, -0.1) is 0 Å². The first-order chi connectivity index (χ1) is 8.76.